The third-order valence-electron chi connectivity index (χ3n) is 3.69. The first-order chi connectivity index (χ1) is 8.91. The Morgan fingerprint density at radius 2 is 2.16 bits per heavy atom. The normalized spacial score (nSPS) is 23.4. The van der Waals surface area contributed by atoms with Gasteiger partial charge >= 0.3 is 5.97 Å². The van der Waals surface area contributed by atoms with Crippen molar-refractivity contribution in [1.29, 1.82) is 0 Å². The Morgan fingerprint density at radius 3 is 2.68 bits per heavy atom. The van der Waals surface area contributed by atoms with Crippen LogP contribution in [0.25, 0.3) is 0 Å². The smallest absolute Gasteiger partial charge is 0.326 e. The van der Waals surface area contributed by atoms with Crippen LogP contribution in [-0.2, 0) is 11.8 Å². The van der Waals surface area contributed by atoms with Gasteiger partial charge in [-0.1, -0.05) is 6.92 Å². The first kappa shape index (κ1) is 13.6. The van der Waals surface area contributed by atoms with Crippen LogP contribution >= 0.6 is 0 Å². The molecule has 1 aromatic rings. The second kappa shape index (κ2) is 5.03. The molecule has 1 aliphatic heterocycles. The molecule has 104 valence electrons. The highest BCUT2D eigenvalue weighted by atomic mass is 16.4. The van der Waals surface area contributed by atoms with E-state index in [1.165, 1.54) is 4.90 Å². The summed E-state index contributed by atoms with van der Waals surface area (Å²) in [5, 5.41) is 13.5. The van der Waals surface area contributed by atoms with E-state index in [2.05, 4.69) is 5.10 Å². The van der Waals surface area contributed by atoms with Gasteiger partial charge < -0.3 is 10.0 Å². The van der Waals surface area contributed by atoms with Gasteiger partial charge in [-0.2, -0.15) is 5.10 Å². The summed E-state index contributed by atoms with van der Waals surface area (Å²) >= 11 is 0. The Labute approximate surface area is 112 Å². The summed E-state index contributed by atoms with van der Waals surface area (Å²) < 4.78 is 1.58. The fraction of sp³-hybridized carbons (Fsp3) is 0.615. The lowest BCUT2D eigenvalue weighted by Crippen LogP contribution is -2.52. The van der Waals surface area contributed by atoms with Gasteiger partial charge in [-0.05, 0) is 25.7 Å². The molecular formula is C13H19N3O3. The van der Waals surface area contributed by atoms with E-state index in [1.54, 1.807) is 24.9 Å². The maximum Gasteiger partial charge on any atom is 0.326 e. The van der Waals surface area contributed by atoms with E-state index in [1.807, 2.05) is 6.92 Å². The molecule has 19 heavy (non-hydrogen) atoms. The fourth-order valence-corrected chi connectivity index (χ4v) is 2.76. The average molecular weight is 265 g/mol. The van der Waals surface area contributed by atoms with Crippen LogP contribution in [0.15, 0.2) is 6.20 Å². The van der Waals surface area contributed by atoms with Crippen molar-refractivity contribution in [2.75, 3.05) is 6.54 Å². The second-order valence-electron chi connectivity index (χ2n) is 5.20. The fourth-order valence-electron chi connectivity index (χ4n) is 2.76. The van der Waals surface area contributed by atoms with Crippen molar-refractivity contribution in [3.63, 3.8) is 0 Å². The van der Waals surface area contributed by atoms with E-state index in [0.29, 0.717) is 17.8 Å². The number of rotatable bonds is 2. The molecule has 2 unspecified atom stereocenters. The van der Waals surface area contributed by atoms with E-state index in [9.17, 15) is 14.7 Å². The molecule has 1 saturated heterocycles. The second-order valence-corrected chi connectivity index (χ2v) is 5.20. The van der Waals surface area contributed by atoms with Crippen LogP contribution in [0.4, 0.5) is 0 Å². The summed E-state index contributed by atoms with van der Waals surface area (Å²) in [4.78, 5) is 25.4. The lowest BCUT2D eigenvalue weighted by molar-refractivity contribution is -0.145. The third kappa shape index (κ3) is 2.47. The van der Waals surface area contributed by atoms with Crippen LogP contribution in [0.2, 0.25) is 0 Å². The number of hydrogen-bond acceptors (Lipinski definition) is 3. The third-order valence-corrected chi connectivity index (χ3v) is 3.69. The molecular weight excluding hydrogens is 246 g/mol. The number of aryl methyl sites for hydroxylation is 2. The first-order valence-corrected chi connectivity index (χ1v) is 6.46. The van der Waals surface area contributed by atoms with Crippen molar-refractivity contribution < 1.29 is 14.7 Å². The maximum absolute atomic E-state index is 12.5. The molecule has 0 aromatic carbocycles. The predicted octanol–water partition coefficient (Wildman–Crippen LogP) is 1.05. The monoisotopic (exact) mass is 265 g/mol. The molecule has 2 atom stereocenters. The number of likely N-dealkylation sites (tertiary alicyclic amines) is 1. The summed E-state index contributed by atoms with van der Waals surface area (Å²) in [5.74, 6) is -1.18. The molecule has 0 radical (unpaired) electrons. The molecule has 2 rings (SSSR count). The zero-order valence-electron chi connectivity index (χ0n) is 11.5. The van der Waals surface area contributed by atoms with Gasteiger partial charge in [0.05, 0.1) is 11.3 Å². The van der Waals surface area contributed by atoms with E-state index < -0.39 is 12.0 Å². The predicted molar refractivity (Wildman–Crippen MR) is 68.8 cm³/mol. The topological polar surface area (TPSA) is 75.4 Å². The zero-order chi connectivity index (χ0) is 14.2. The lowest BCUT2D eigenvalue weighted by Gasteiger charge is -2.37. The van der Waals surface area contributed by atoms with Crippen LogP contribution in [0.5, 0.6) is 0 Å². The van der Waals surface area contributed by atoms with Gasteiger partial charge in [0, 0.05) is 19.8 Å². The summed E-state index contributed by atoms with van der Waals surface area (Å²) in [6, 6.07) is -0.735. The van der Waals surface area contributed by atoms with Crippen LogP contribution in [0.1, 0.15) is 35.8 Å². The van der Waals surface area contributed by atoms with Gasteiger partial charge in [-0.25, -0.2) is 4.79 Å². The van der Waals surface area contributed by atoms with Gasteiger partial charge in [0.15, 0.2) is 0 Å². The van der Waals surface area contributed by atoms with Gasteiger partial charge in [0.1, 0.15) is 6.04 Å². The molecule has 6 nitrogen and oxygen atoms in total. The van der Waals surface area contributed by atoms with Crippen molar-refractivity contribution in [3.8, 4) is 0 Å². The number of piperidine rings is 1. The minimum Gasteiger partial charge on any atom is -0.480 e. The Bertz CT molecular complexity index is 509. The molecule has 6 heteroatoms. The molecule has 0 saturated carbocycles. The van der Waals surface area contributed by atoms with Gasteiger partial charge in [0.2, 0.25) is 0 Å². The summed E-state index contributed by atoms with van der Waals surface area (Å²) in [5.41, 5.74) is 1.12. The number of amides is 1. The molecule has 1 N–H and O–H groups in total. The van der Waals surface area contributed by atoms with Gasteiger partial charge in [-0.3, -0.25) is 9.48 Å². The van der Waals surface area contributed by atoms with E-state index >= 15 is 0 Å². The number of aliphatic carboxylic acids is 1. The molecule has 0 bridgehead atoms. The lowest BCUT2D eigenvalue weighted by atomic mass is 9.90. The number of nitrogens with zero attached hydrogens (tertiary/aromatic N) is 3. The minimum absolute atomic E-state index is 0.0211. The Kier molecular flexibility index (Phi) is 3.59. The first-order valence-electron chi connectivity index (χ1n) is 6.46. The van der Waals surface area contributed by atoms with E-state index in [0.717, 1.165) is 12.8 Å². The van der Waals surface area contributed by atoms with Crippen molar-refractivity contribution >= 4 is 11.9 Å². The van der Waals surface area contributed by atoms with E-state index in [4.69, 9.17) is 0 Å². The minimum atomic E-state index is -0.929. The highest BCUT2D eigenvalue weighted by Gasteiger charge is 2.38. The Balaban J connectivity index is 2.30. The van der Waals surface area contributed by atoms with Crippen LogP contribution in [0.3, 0.4) is 0 Å². The molecule has 1 fully saturated rings. The van der Waals surface area contributed by atoms with Crippen LogP contribution < -0.4 is 0 Å². The maximum atomic E-state index is 12.5. The standard InChI is InChI=1S/C13H19N3O3/c1-8-5-4-6-16(11(8)13(18)19)12(17)10-7-15(3)14-9(10)2/h7-8,11H,4-6H2,1-3H3,(H,18,19). The van der Waals surface area contributed by atoms with Crippen LogP contribution in [-0.4, -0.2) is 44.3 Å². The summed E-state index contributed by atoms with van der Waals surface area (Å²) in [6.45, 7) is 4.14. The Hall–Kier alpha value is -1.85. The largest absolute Gasteiger partial charge is 0.480 e. The summed E-state index contributed by atoms with van der Waals surface area (Å²) in [6.07, 6.45) is 3.33. The molecule has 1 aliphatic rings. The SMILES string of the molecule is Cc1nn(C)cc1C(=O)N1CCCC(C)C1C(=O)O. The van der Waals surface area contributed by atoms with Crippen molar-refractivity contribution in [3.05, 3.63) is 17.5 Å². The number of carbonyl (C=O) groups excluding carboxylic acids is 1. The highest BCUT2D eigenvalue weighted by molar-refractivity contribution is 5.97. The summed E-state index contributed by atoms with van der Waals surface area (Å²) in [7, 11) is 1.75. The molecule has 2 heterocycles. The Morgan fingerprint density at radius 1 is 1.47 bits per heavy atom. The van der Waals surface area contributed by atoms with Crippen molar-refractivity contribution in [2.45, 2.75) is 32.7 Å². The number of carboxylic acids is 1. The van der Waals surface area contributed by atoms with Crippen molar-refractivity contribution in [2.24, 2.45) is 13.0 Å². The highest BCUT2D eigenvalue weighted by Crippen LogP contribution is 2.25. The van der Waals surface area contributed by atoms with Crippen molar-refractivity contribution in [1.82, 2.24) is 14.7 Å². The average Bonchev–Trinajstić information content (AvgIpc) is 2.66. The number of carboxylic acid groups (broad SMARTS) is 1. The molecule has 0 aliphatic carbocycles. The molecule has 1 aromatic heterocycles. The van der Waals surface area contributed by atoms with Gasteiger partial charge in [0.25, 0.3) is 5.91 Å². The van der Waals surface area contributed by atoms with E-state index in [-0.39, 0.29) is 11.8 Å². The van der Waals surface area contributed by atoms with Crippen LogP contribution in [0, 0.1) is 12.8 Å². The zero-order valence-corrected chi connectivity index (χ0v) is 11.5. The quantitative estimate of drug-likeness (QED) is 0.867. The van der Waals surface area contributed by atoms with Gasteiger partial charge in [-0.15, -0.1) is 0 Å². The number of aromatic nitrogens is 2. The number of hydrogen-bond donors (Lipinski definition) is 1. The molecule has 0 spiro atoms. The molecule has 1 amide bonds. The number of carbonyl (C=O) groups is 2.